The van der Waals surface area contributed by atoms with Crippen LogP contribution < -0.4 is 5.32 Å². The van der Waals surface area contributed by atoms with E-state index in [4.69, 9.17) is 0 Å². The van der Waals surface area contributed by atoms with Crippen molar-refractivity contribution in [2.24, 2.45) is 0 Å². The first-order valence-electron chi connectivity index (χ1n) is 5.14. The summed E-state index contributed by atoms with van der Waals surface area (Å²) in [5, 5.41) is 10.5. The fourth-order valence-corrected chi connectivity index (χ4v) is 2.64. The predicted molar refractivity (Wildman–Crippen MR) is 66.9 cm³/mol. The summed E-state index contributed by atoms with van der Waals surface area (Å²) in [6.07, 6.45) is 1.93. The van der Waals surface area contributed by atoms with Gasteiger partial charge in [-0.1, -0.05) is 11.4 Å². The quantitative estimate of drug-likeness (QED) is 0.888. The highest BCUT2D eigenvalue weighted by Gasteiger charge is 2.09. The molecule has 0 fully saturated rings. The van der Waals surface area contributed by atoms with Crippen LogP contribution in [0.1, 0.15) is 28.4 Å². The van der Waals surface area contributed by atoms with E-state index in [2.05, 4.69) is 33.7 Å². The molecule has 2 rings (SSSR count). The van der Waals surface area contributed by atoms with E-state index in [1.54, 1.807) is 11.3 Å². The van der Waals surface area contributed by atoms with Gasteiger partial charge in [-0.25, -0.2) is 4.98 Å². The molecule has 0 saturated carbocycles. The van der Waals surface area contributed by atoms with Crippen LogP contribution in [0.3, 0.4) is 0 Å². The second-order valence-corrected chi connectivity index (χ2v) is 5.61. The first-order chi connectivity index (χ1) is 7.75. The minimum absolute atomic E-state index is 0.449. The van der Waals surface area contributed by atoms with E-state index in [0.29, 0.717) is 5.92 Å². The highest BCUT2D eigenvalue weighted by Crippen LogP contribution is 2.20. The number of aromatic nitrogens is 3. The molecule has 0 aliphatic carbocycles. The zero-order valence-corrected chi connectivity index (χ0v) is 10.9. The predicted octanol–water partition coefficient (Wildman–Crippen LogP) is 2.20. The highest BCUT2D eigenvalue weighted by molar-refractivity contribution is 7.11. The van der Waals surface area contributed by atoms with Crippen molar-refractivity contribution < 1.29 is 0 Å². The van der Waals surface area contributed by atoms with Gasteiger partial charge >= 0.3 is 0 Å². The lowest BCUT2D eigenvalue weighted by Crippen LogP contribution is -2.19. The van der Waals surface area contributed by atoms with Gasteiger partial charge in [0.25, 0.3) is 0 Å². The number of nitrogens with zero attached hydrogens (tertiary/aromatic N) is 3. The third-order valence-electron chi connectivity index (χ3n) is 2.22. The molecular weight excluding hydrogens is 240 g/mol. The third kappa shape index (κ3) is 3.07. The van der Waals surface area contributed by atoms with Crippen LogP contribution >= 0.6 is 22.9 Å². The molecule has 0 saturated heterocycles. The number of aryl methyl sites for hydroxylation is 1. The SMILES string of the molecule is Cc1cnc(C(C)CNCc2csnn2)s1. The number of rotatable bonds is 5. The second kappa shape index (κ2) is 5.47. The Morgan fingerprint density at radius 2 is 2.38 bits per heavy atom. The van der Waals surface area contributed by atoms with Crippen molar-refractivity contribution in [3.63, 3.8) is 0 Å². The fourth-order valence-electron chi connectivity index (χ4n) is 1.37. The van der Waals surface area contributed by atoms with Crippen LogP contribution in [-0.4, -0.2) is 21.1 Å². The first-order valence-corrected chi connectivity index (χ1v) is 6.80. The van der Waals surface area contributed by atoms with E-state index in [1.807, 2.05) is 11.6 Å². The van der Waals surface area contributed by atoms with Gasteiger partial charge in [0.15, 0.2) is 0 Å². The molecule has 2 heterocycles. The molecule has 0 aliphatic rings. The van der Waals surface area contributed by atoms with E-state index >= 15 is 0 Å². The molecule has 1 atom stereocenters. The molecule has 0 amide bonds. The molecule has 1 unspecified atom stereocenters. The van der Waals surface area contributed by atoms with E-state index in [0.717, 1.165) is 18.8 Å². The van der Waals surface area contributed by atoms with Gasteiger partial charge in [0.2, 0.25) is 0 Å². The smallest absolute Gasteiger partial charge is 0.0968 e. The van der Waals surface area contributed by atoms with Crippen LogP contribution in [0, 0.1) is 6.92 Å². The first kappa shape index (κ1) is 11.6. The van der Waals surface area contributed by atoms with Crippen molar-refractivity contribution >= 4 is 22.9 Å². The van der Waals surface area contributed by atoms with Gasteiger partial charge < -0.3 is 5.32 Å². The van der Waals surface area contributed by atoms with Gasteiger partial charge in [0.05, 0.1) is 10.7 Å². The van der Waals surface area contributed by atoms with Crippen molar-refractivity contribution in [2.45, 2.75) is 26.3 Å². The zero-order chi connectivity index (χ0) is 11.4. The largest absolute Gasteiger partial charge is 0.310 e. The lowest BCUT2D eigenvalue weighted by Gasteiger charge is -2.08. The van der Waals surface area contributed by atoms with Crippen LogP contribution in [0.2, 0.25) is 0 Å². The van der Waals surface area contributed by atoms with Crippen molar-refractivity contribution in [3.05, 3.63) is 27.2 Å². The van der Waals surface area contributed by atoms with Crippen LogP contribution in [-0.2, 0) is 6.54 Å². The maximum atomic E-state index is 4.38. The van der Waals surface area contributed by atoms with E-state index < -0.39 is 0 Å². The second-order valence-electron chi connectivity index (χ2n) is 3.74. The molecule has 0 aromatic carbocycles. The third-order valence-corrected chi connectivity index (χ3v) is 3.92. The van der Waals surface area contributed by atoms with Crippen LogP contribution in [0.4, 0.5) is 0 Å². The van der Waals surface area contributed by atoms with Crippen LogP contribution in [0.5, 0.6) is 0 Å². The summed E-state index contributed by atoms with van der Waals surface area (Å²) < 4.78 is 3.82. The maximum Gasteiger partial charge on any atom is 0.0968 e. The molecule has 2 aromatic rings. The average Bonchev–Trinajstić information content (AvgIpc) is 2.89. The minimum Gasteiger partial charge on any atom is -0.310 e. The molecule has 86 valence electrons. The molecule has 2 aromatic heterocycles. The molecule has 0 spiro atoms. The summed E-state index contributed by atoms with van der Waals surface area (Å²) in [5.74, 6) is 0.449. The number of hydrogen-bond donors (Lipinski definition) is 1. The summed E-state index contributed by atoms with van der Waals surface area (Å²) in [4.78, 5) is 5.65. The summed E-state index contributed by atoms with van der Waals surface area (Å²) >= 11 is 3.15. The van der Waals surface area contributed by atoms with Crippen LogP contribution in [0.25, 0.3) is 0 Å². The molecule has 4 nitrogen and oxygen atoms in total. The number of thiazole rings is 1. The molecular formula is C10H14N4S2. The number of hydrogen-bond acceptors (Lipinski definition) is 6. The summed E-state index contributed by atoms with van der Waals surface area (Å²) in [6, 6.07) is 0. The zero-order valence-electron chi connectivity index (χ0n) is 9.30. The molecule has 0 aliphatic heterocycles. The lowest BCUT2D eigenvalue weighted by atomic mass is 10.2. The standard InChI is InChI=1S/C10H14N4S2/c1-7(10-12-4-8(2)16-10)3-11-5-9-6-15-14-13-9/h4,6-7,11H,3,5H2,1-2H3. The lowest BCUT2D eigenvalue weighted by molar-refractivity contribution is 0.605. The molecule has 1 N–H and O–H groups in total. The molecule has 0 radical (unpaired) electrons. The Kier molecular flexibility index (Phi) is 3.98. The summed E-state index contributed by atoms with van der Waals surface area (Å²) in [5.41, 5.74) is 1.01. The maximum absolute atomic E-state index is 4.38. The Morgan fingerprint density at radius 3 is 3.00 bits per heavy atom. The van der Waals surface area contributed by atoms with Gasteiger partial charge in [0, 0.05) is 35.5 Å². The fraction of sp³-hybridized carbons (Fsp3) is 0.500. The Labute approximate surface area is 103 Å². The van der Waals surface area contributed by atoms with Crippen molar-refractivity contribution in [1.82, 2.24) is 19.9 Å². The normalized spacial score (nSPS) is 12.9. The Morgan fingerprint density at radius 1 is 1.50 bits per heavy atom. The van der Waals surface area contributed by atoms with Gasteiger partial charge in [-0.15, -0.1) is 16.4 Å². The van der Waals surface area contributed by atoms with Crippen molar-refractivity contribution in [1.29, 1.82) is 0 Å². The van der Waals surface area contributed by atoms with Crippen LogP contribution in [0.15, 0.2) is 11.6 Å². The topological polar surface area (TPSA) is 50.7 Å². The highest BCUT2D eigenvalue weighted by atomic mass is 32.1. The Balaban J connectivity index is 1.78. The summed E-state index contributed by atoms with van der Waals surface area (Å²) in [7, 11) is 0. The summed E-state index contributed by atoms with van der Waals surface area (Å²) in [6.45, 7) is 5.97. The monoisotopic (exact) mass is 254 g/mol. The van der Waals surface area contributed by atoms with Gasteiger partial charge in [-0.3, -0.25) is 0 Å². The van der Waals surface area contributed by atoms with E-state index in [1.165, 1.54) is 21.4 Å². The number of nitrogens with one attached hydrogen (secondary N) is 1. The molecule has 16 heavy (non-hydrogen) atoms. The Hall–Kier alpha value is -0.850. The van der Waals surface area contributed by atoms with E-state index in [-0.39, 0.29) is 0 Å². The Bertz CT molecular complexity index is 424. The average molecular weight is 254 g/mol. The van der Waals surface area contributed by atoms with Gasteiger partial charge in [-0.05, 0) is 18.5 Å². The van der Waals surface area contributed by atoms with E-state index in [9.17, 15) is 0 Å². The molecule has 0 bridgehead atoms. The minimum atomic E-state index is 0.449. The van der Waals surface area contributed by atoms with Crippen molar-refractivity contribution in [2.75, 3.05) is 6.54 Å². The molecule has 6 heteroatoms. The van der Waals surface area contributed by atoms with Crippen molar-refractivity contribution in [3.8, 4) is 0 Å². The van der Waals surface area contributed by atoms with Gasteiger partial charge in [0.1, 0.15) is 0 Å². The van der Waals surface area contributed by atoms with Gasteiger partial charge in [-0.2, -0.15) is 0 Å².